The molecule has 0 unspecified atom stereocenters. The molecule has 1 aromatic heterocycles. The minimum atomic E-state index is -4.49. The minimum absolute atomic E-state index is 0.0140. The number of aliphatic imine (C=N–C) groups is 1. The molecule has 0 atom stereocenters. The summed E-state index contributed by atoms with van der Waals surface area (Å²) in [6, 6.07) is 16.0. The van der Waals surface area contributed by atoms with Gasteiger partial charge in [0.2, 0.25) is 5.96 Å². The molecule has 154 valence electrons. The van der Waals surface area contributed by atoms with Gasteiger partial charge in [-0.2, -0.15) is 13.2 Å². The molecule has 3 aromatic rings. The molecule has 30 heavy (non-hydrogen) atoms. The predicted molar refractivity (Wildman–Crippen MR) is 109 cm³/mol. The molecule has 0 aliphatic carbocycles. The second-order valence-electron chi connectivity index (χ2n) is 6.15. The summed E-state index contributed by atoms with van der Waals surface area (Å²) in [7, 11) is 0. The molecule has 2 N–H and O–H groups in total. The Kier molecular flexibility index (Phi) is 6.68. The van der Waals surface area contributed by atoms with Crippen molar-refractivity contribution in [3.8, 4) is 0 Å². The number of hydrogen-bond donors (Lipinski definition) is 2. The number of aromatic nitrogens is 1. The molecular weight excluding hydrogens is 417 g/mol. The highest BCUT2D eigenvalue weighted by atomic mass is 35.5. The summed E-state index contributed by atoms with van der Waals surface area (Å²) in [5.41, 5.74) is 0.249. The number of nitrogens with zero attached hydrogens (tertiary/aromatic N) is 2. The zero-order valence-corrected chi connectivity index (χ0v) is 16.2. The Morgan fingerprint density at radius 2 is 1.80 bits per heavy atom. The number of guanidine groups is 1. The van der Waals surface area contributed by atoms with E-state index in [9.17, 15) is 18.0 Å². The molecule has 0 spiro atoms. The first kappa shape index (κ1) is 21.3. The number of anilines is 1. The Labute approximate surface area is 175 Å². The lowest BCUT2D eigenvalue weighted by molar-refractivity contribution is -0.137. The van der Waals surface area contributed by atoms with Crippen molar-refractivity contribution >= 4 is 29.2 Å². The van der Waals surface area contributed by atoms with Crippen LogP contribution in [0, 0.1) is 0 Å². The predicted octanol–water partition coefficient (Wildman–Crippen LogP) is 5.15. The fourth-order valence-electron chi connectivity index (χ4n) is 2.45. The monoisotopic (exact) mass is 432 g/mol. The maximum Gasteiger partial charge on any atom is 0.416 e. The second kappa shape index (κ2) is 9.41. The lowest BCUT2D eigenvalue weighted by atomic mass is 10.2. The van der Waals surface area contributed by atoms with Gasteiger partial charge in [0.25, 0.3) is 5.91 Å². The average Bonchev–Trinajstić information content (AvgIpc) is 2.73. The van der Waals surface area contributed by atoms with E-state index in [-0.39, 0.29) is 18.2 Å². The quantitative estimate of drug-likeness (QED) is 0.442. The van der Waals surface area contributed by atoms with Crippen LogP contribution < -0.4 is 10.6 Å². The van der Waals surface area contributed by atoms with Crippen LogP contribution in [0.15, 0.2) is 77.9 Å². The van der Waals surface area contributed by atoms with Crippen LogP contribution in [0.25, 0.3) is 0 Å². The Morgan fingerprint density at radius 3 is 2.47 bits per heavy atom. The Balaban J connectivity index is 1.83. The highest BCUT2D eigenvalue weighted by Crippen LogP contribution is 2.30. The number of rotatable bonds is 4. The van der Waals surface area contributed by atoms with E-state index in [1.807, 2.05) is 0 Å². The number of nitrogens with one attached hydrogen (secondary N) is 2. The molecule has 0 aliphatic heterocycles. The molecule has 2 aromatic carbocycles. The van der Waals surface area contributed by atoms with Crippen molar-refractivity contribution in [2.45, 2.75) is 12.7 Å². The van der Waals surface area contributed by atoms with Crippen LogP contribution >= 0.6 is 11.6 Å². The molecule has 0 aliphatic rings. The number of alkyl halides is 3. The lowest BCUT2D eigenvalue weighted by Gasteiger charge is -2.14. The second-order valence-corrected chi connectivity index (χ2v) is 6.59. The number of halogens is 4. The first-order chi connectivity index (χ1) is 14.3. The van der Waals surface area contributed by atoms with Crippen LogP contribution in [0.5, 0.6) is 0 Å². The van der Waals surface area contributed by atoms with Gasteiger partial charge >= 0.3 is 6.18 Å². The number of amides is 1. The van der Waals surface area contributed by atoms with Gasteiger partial charge in [-0.05, 0) is 54.6 Å². The third kappa shape index (κ3) is 6.05. The average molecular weight is 433 g/mol. The highest BCUT2D eigenvalue weighted by Gasteiger charge is 2.30. The fourth-order valence-corrected chi connectivity index (χ4v) is 2.58. The molecule has 0 bridgehead atoms. The van der Waals surface area contributed by atoms with E-state index >= 15 is 0 Å². The molecule has 0 fully saturated rings. The molecule has 9 heteroatoms. The number of pyridine rings is 1. The Morgan fingerprint density at radius 1 is 1.03 bits per heavy atom. The van der Waals surface area contributed by atoms with Crippen LogP contribution in [0.3, 0.4) is 0 Å². The Bertz CT molecular complexity index is 1040. The van der Waals surface area contributed by atoms with Crippen LogP contribution in [-0.2, 0) is 12.7 Å². The third-order valence-electron chi connectivity index (χ3n) is 3.92. The highest BCUT2D eigenvalue weighted by molar-refractivity contribution is 6.30. The standard InChI is InChI=1S/C21H16ClF3N4O/c22-16-9-7-14(8-10-16)19(30)29-20(27-13-18-5-1-2-11-26-18)28-17-6-3-4-15(12-17)21(23,24)25/h1-12H,13H2,(H2,27,28,29,30). The maximum absolute atomic E-state index is 13.0. The van der Waals surface area contributed by atoms with Crippen molar-refractivity contribution in [3.05, 3.63) is 94.8 Å². The van der Waals surface area contributed by atoms with Crippen molar-refractivity contribution in [1.82, 2.24) is 10.3 Å². The summed E-state index contributed by atoms with van der Waals surface area (Å²) in [6.45, 7) is 0.114. The van der Waals surface area contributed by atoms with Gasteiger partial charge in [0, 0.05) is 22.5 Å². The van der Waals surface area contributed by atoms with Crippen molar-refractivity contribution < 1.29 is 18.0 Å². The molecule has 0 radical (unpaired) electrons. The van der Waals surface area contributed by atoms with E-state index in [4.69, 9.17) is 11.6 Å². The Hall–Kier alpha value is -3.39. The van der Waals surface area contributed by atoms with E-state index in [1.165, 1.54) is 24.3 Å². The SMILES string of the molecule is O=C(NC(=NCc1ccccn1)Nc1cccc(C(F)(F)F)c1)c1ccc(Cl)cc1. The first-order valence-electron chi connectivity index (χ1n) is 8.77. The van der Waals surface area contributed by atoms with Crippen LogP contribution in [-0.4, -0.2) is 16.9 Å². The van der Waals surface area contributed by atoms with Gasteiger partial charge in [0.05, 0.1) is 17.8 Å². The topological polar surface area (TPSA) is 66.4 Å². The largest absolute Gasteiger partial charge is 0.416 e. The van der Waals surface area contributed by atoms with Gasteiger partial charge in [-0.3, -0.25) is 15.1 Å². The normalized spacial score (nSPS) is 11.8. The van der Waals surface area contributed by atoms with E-state index < -0.39 is 17.6 Å². The molecule has 0 saturated heterocycles. The first-order valence-corrected chi connectivity index (χ1v) is 9.14. The summed E-state index contributed by atoms with van der Waals surface area (Å²) < 4.78 is 39.0. The number of carbonyl (C=O) groups is 1. The van der Waals surface area contributed by atoms with Gasteiger partial charge in [-0.15, -0.1) is 0 Å². The van der Waals surface area contributed by atoms with E-state index in [0.717, 1.165) is 12.1 Å². The number of carbonyl (C=O) groups excluding carboxylic acids is 1. The summed E-state index contributed by atoms with van der Waals surface area (Å²) in [6.07, 6.45) is -2.90. The van der Waals surface area contributed by atoms with E-state index in [2.05, 4.69) is 20.6 Å². The summed E-state index contributed by atoms with van der Waals surface area (Å²) >= 11 is 5.83. The molecule has 1 amide bonds. The van der Waals surface area contributed by atoms with Gasteiger partial charge in [0.1, 0.15) is 0 Å². The number of hydrogen-bond acceptors (Lipinski definition) is 3. The van der Waals surface area contributed by atoms with Gasteiger partial charge < -0.3 is 5.32 Å². The zero-order chi connectivity index (χ0) is 21.6. The fraction of sp³-hybridized carbons (Fsp3) is 0.0952. The smallest absolute Gasteiger partial charge is 0.326 e. The molecular formula is C21H16ClF3N4O. The zero-order valence-electron chi connectivity index (χ0n) is 15.4. The lowest BCUT2D eigenvalue weighted by Crippen LogP contribution is -2.36. The van der Waals surface area contributed by atoms with Crippen molar-refractivity contribution in [1.29, 1.82) is 0 Å². The minimum Gasteiger partial charge on any atom is -0.326 e. The van der Waals surface area contributed by atoms with Crippen molar-refractivity contribution in [2.24, 2.45) is 4.99 Å². The van der Waals surface area contributed by atoms with Crippen molar-refractivity contribution in [3.63, 3.8) is 0 Å². The van der Waals surface area contributed by atoms with Gasteiger partial charge in [-0.25, -0.2) is 4.99 Å². The van der Waals surface area contributed by atoms with Gasteiger partial charge in [0.15, 0.2) is 0 Å². The third-order valence-corrected chi connectivity index (χ3v) is 4.17. The maximum atomic E-state index is 13.0. The van der Waals surface area contributed by atoms with Crippen molar-refractivity contribution in [2.75, 3.05) is 5.32 Å². The summed E-state index contributed by atoms with van der Waals surface area (Å²) in [5, 5.41) is 5.79. The van der Waals surface area contributed by atoms with Gasteiger partial charge in [-0.1, -0.05) is 23.7 Å². The van der Waals surface area contributed by atoms with Crippen LogP contribution in [0.4, 0.5) is 18.9 Å². The van der Waals surface area contributed by atoms with E-state index in [0.29, 0.717) is 16.3 Å². The molecule has 1 heterocycles. The molecule has 5 nitrogen and oxygen atoms in total. The summed E-state index contributed by atoms with van der Waals surface area (Å²) in [4.78, 5) is 20.9. The summed E-state index contributed by atoms with van der Waals surface area (Å²) in [5.74, 6) is -0.508. The van der Waals surface area contributed by atoms with Crippen LogP contribution in [0.1, 0.15) is 21.6 Å². The molecule has 3 rings (SSSR count). The van der Waals surface area contributed by atoms with Crippen LogP contribution in [0.2, 0.25) is 5.02 Å². The molecule has 0 saturated carbocycles. The number of benzene rings is 2. The van der Waals surface area contributed by atoms with E-state index in [1.54, 1.807) is 36.5 Å².